The summed E-state index contributed by atoms with van der Waals surface area (Å²) < 4.78 is 0. The van der Waals surface area contributed by atoms with E-state index in [4.69, 9.17) is 0 Å². The average Bonchev–Trinajstić information content (AvgIpc) is 1.84. The molecule has 0 aromatic carbocycles. The lowest BCUT2D eigenvalue weighted by molar-refractivity contribution is 0.792. The lowest BCUT2D eigenvalue weighted by Gasteiger charge is -2.07. The van der Waals surface area contributed by atoms with Crippen LogP contribution in [0.15, 0.2) is 23.5 Å². The first-order chi connectivity index (χ1) is 4.09. The fourth-order valence-corrected chi connectivity index (χ4v) is 0.852. The minimum Gasteiger partial charge on any atom is -0.106 e. The van der Waals surface area contributed by atoms with Crippen molar-refractivity contribution < 1.29 is 0 Å². The summed E-state index contributed by atoms with van der Waals surface area (Å²) in [7, 11) is 2.68. The van der Waals surface area contributed by atoms with Crippen LogP contribution in [0.2, 0.25) is 0 Å². The molecule has 0 heterocycles. The van der Waals surface area contributed by atoms with Gasteiger partial charge in [-0.3, -0.25) is 0 Å². The quantitative estimate of drug-likeness (QED) is 0.410. The summed E-state index contributed by atoms with van der Waals surface area (Å²) >= 11 is 0. The Balaban J connectivity index is 4.06. The predicted molar refractivity (Wildman–Crippen MR) is 47.4 cm³/mol. The van der Waals surface area contributed by atoms with Crippen LogP contribution >= 0.6 is 9.24 Å². The summed E-state index contributed by atoms with van der Waals surface area (Å²) in [6.07, 6.45) is 2.06. The van der Waals surface area contributed by atoms with Crippen molar-refractivity contribution in [1.29, 1.82) is 0 Å². The Bertz CT molecular complexity index is 132. The van der Waals surface area contributed by atoms with Crippen LogP contribution in [0.5, 0.6) is 0 Å². The number of hydrogen-bond donors (Lipinski definition) is 0. The van der Waals surface area contributed by atoms with Gasteiger partial charge in [0.15, 0.2) is 0 Å². The highest BCUT2D eigenvalue weighted by Gasteiger charge is 1.99. The van der Waals surface area contributed by atoms with Crippen LogP contribution in [-0.4, -0.2) is 0 Å². The summed E-state index contributed by atoms with van der Waals surface area (Å²) in [6, 6.07) is 0. The molecule has 0 aliphatic rings. The lowest BCUT2D eigenvalue weighted by Crippen LogP contribution is -1.90. The van der Waals surface area contributed by atoms with Gasteiger partial charge in [-0.05, 0) is 23.7 Å². The molecule has 0 aliphatic carbocycles. The van der Waals surface area contributed by atoms with Crippen molar-refractivity contribution in [2.24, 2.45) is 5.92 Å². The van der Waals surface area contributed by atoms with Crippen LogP contribution in [0.25, 0.3) is 0 Å². The molecule has 0 aromatic heterocycles. The maximum atomic E-state index is 3.94. The highest BCUT2D eigenvalue weighted by molar-refractivity contribution is 7.23. The van der Waals surface area contributed by atoms with E-state index in [-0.39, 0.29) is 0 Å². The Hall–Kier alpha value is -0.0900. The monoisotopic (exact) mass is 142 g/mol. The SMILES string of the molecule is C=C(/C(P)=C/C)C(C)C. The third-order valence-corrected chi connectivity index (χ3v) is 2.08. The molecule has 1 unspecified atom stereocenters. The second kappa shape index (κ2) is 3.85. The predicted octanol–water partition coefficient (Wildman–Crippen LogP) is 2.98. The standard InChI is InChI=1S/C8H15P/c1-5-8(9)7(4)6(2)3/h5-6H,4,9H2,1-3H3/b8-5-. The Morgan fingerprint density at radius 3 is 2.11 bits per heavy atom. The molecule has 0 nitrogen and oxygen atoms in total. The van der Waals surface area contributed by atoms with Gasteiger partial charge in [-0.2, -0.15) is 0 Å². The van der Waals surface area contributed by atoms with E-state index in [1.165, 1.54) is 10.9 Å². The molecule has 0 aromatic rings. The van der Waals surface area contributed by atoms with Crippen LogP contribution < -0.4 is 0 Å². The molecule has 0 fully saturated rings. The fraction of sp³-hybridized carbons (Fsp3) is 0.500. The molecule has 0 aliphatic heterocycles. The third-order valence-electron chi connectivity index (χ3n) is 1.38. The van der Waals surface area contributed by atoms with Crippen LogP contribution in [0.4, 0.5) is 0 Å². The zero-order valence-electron chi connectivity index (χ0n) is 6.44. The van der Waals surface area contributed by atoms with Crippen molar-refractivity contribution in [3.63, 3.8) is 0 Å². The van der Waals surface area contributed by atoms with Crippen molar-refractivity contribution in [3.05, 3.63) is 23.5 Å². The summed E-state index contributed by atoms with van der Waals surface area (Å²) in [5, 5.41) is 1.23. The van der Waals surface area contributed by atoms with E-state index in [2.05, 4.69) is 35.7 Å². The Morgan fingerprint density at radius 1 is 1.56 bits per heavy atom. The van der Waals surface area contributed by atoms with Crippen molar-refractivity contribution >= 4 is 9.24 Å². The van der Waals surface area contributed by atoms with Gasteiger partial charge in [0.2, 0.25) is 0 Å². The van der Waals surface area contributed by atoms with Gasteiger partial charge in [0, 0.05) is 0 Å². The first-order valence-corrected chi connectivity index (χ1v) is 3.78. The Kier molecular flexibility index (Phi) is 3.81. The minimum atomic E-state index is 0.564. The molecular formula is C8H15P. The fourth-order valence-electron chi connectivity index (χ4n) is 0.519. The summed E-state index contributed by atoms with van der Waals surface area (Å²) in [6.45, 7) is 10.3. The van der Waals surface area contributed by atoms with Crippen LogP contribution in [-0.2, 0) is 0 Å². The molecule has 0 saturated heterocycles. The number of hydrogen-bond acceptors (Lipinski definition) is 0. The van der Waals surface area contributed by atoms with Crippen molar-refractivity contribution in [1.82, 2.24) is 0 Å². The van der Waals surface area contributed by atoms with Crippen LogP contribution in [0.3, 0.4) is 0 Å². The maximum Gasteiger partial charge on any atom is -0.0219 e. The van der Waals surface area contributed by atoms with E-state index in [1.807, 2.05) is 6.92 Å². The molecule has 0 amide bonds. The summed E-state index contributed by atoms with van der Waals surface area (Å²) in [5.41, 5.74) is 1.21. The van der Waals surface area contributed by atoms with E-state index >= 15 is 0 Å². The third kappa shape index (κ3) is 2.81. The average molecular weight is 142 g/mol. The molecule has 0 radical (unpaired) electrons. The molecule has 0 N–H and O–H groups in total. The van der Waals surface area contributed by atoms with Crippen molar-refractivity contribution in [2.75, 3.05) is 0 Å². The van der Waals surface area contributed by atoms with E-state index in [1.54, 1.807) is 0 Å². The number of rotatable bonds is 2. The lowest BCUT2D eigenvalue weighted by atomic mass is 10.1. The van der Waals surface area contributed by atoms with Crippen molar-refractivity contribution in [2.45, 2.75) is 20.8 Å². The highest BCUT2D eigenvalue weighted by Crippen LogP contribution is 2.21. The Morgan fingerprint density at radius 2 is 2.00 bits per heavy atom. The first-order valence-electron chi connectivity index (χ1n) is 3.20. The zero-order chi connectivity index (χ0) is 7.44. The van der Waals surface area contributed by atoms with E-state index in [9.17, 15) is 0 Å². The molecular weight excluding hydrogens is 127 g/mol. The van der Waals surface area contributed by atoms with Crippen molar-refractivity contribution in [3.8, 4) is 0 Å². The van der Waals surface area contributed by atoms with Gasteiger partial charge in [-0.15, -0.1) is 9.24 Å². The smallest absolute Gasteiger partial charge is 0.0219 e. The van der Waals surface area contributed by atoms with Crippen LogP contribution in [0.1, 0.15) is 20.8 Å². The molecule has 0 rings (SSSR count). The topological polar surface area (TPSA) is 0 Å². The molecule has 52 valence electrons. The zero-order valence-corrected chi connectivity index (χ0v) is 7.59. The van der Waals surface area contributed by atoms with Gasteiger partial charge in [-0.1, -0.05) is 26.5 Å². The Labute approximate surface area is 60.2 Å². The first kappa shape index (κ1) is 8.91. The normalized spacial score (nSPS) is 12.3. The van der Waals surface area contributed by atoms with Gasteiger partial charge in [0.25, 0.3) is 0 Å². The van der Waals surface area contributed by atoms with E-state index in [0.29, 0.717) is 5.92 Å². The molecule has 0 spiro atoms. The van der Waals surface area contributed by atoms with Crippen LogP contribution in [0, 0.1) is 5.92 Å². The van der Waals surface area contributed by atoms with Gasteiger partial charge >= 0.3 is 0 Å². The number of allylic oxidation sites excluding steroid dienone is 3. The van der Waals surface area contributed by atoms with Gasteiger partial charge in [-0.25, -0.2) is 0 Å². The van der Waals surface area contributed by atoms with E-state index in [0.717, 1.165) is 0 Å². The highest BCUT2D eigenvalue weighted by atomic mass is 31.0. The molecule has 1 heteroatoms. The maximum absolute atomic E-state index is 3.94. The van der Waals surface area contributed by atoms with Gasteiger partial charge in [0.05, 0.1) is 0 Å². The summed E-state index contributed by atoms with van der Waals surface area (Å²) in [5.74, 6) is 0.564. The molecule has 0 saturated carbocycles. The van der Waals surface area contributed by atoms with E-state index < -0.39 is 0 Å². The molecule has 0 bridgehead atoms. The minimum absolute atomic E-state index is 0.564. The largest absolute Gasteiger partial charge is 0.106 e. The second-order valence-corrected chi connectivity index (χ2v) is 3.05. The molecule has 9 heavy (non-hydrogen) atoms. The summed E-state index contributed by atoms with van der Waals surface area (Å²) in [4.78, 5) is 0. The molecule has 1 atom stereocenters. The van der Waals surface area contributed by atoms with Gasteiger partial charge < -0.3 is 0 Å². The van der Waals surface area contributed by atoms with Gasteiger partial charge in [0.1, 0.15) is 0 Å². The second-order valence-electron chi connectivity index (χ2n) is 2.42.